The van der Waals surface area contributed by atoms with Gasteiger partial charge in [0.05, 0.1) is 5.69 Å². The molecule has 6 nitrogen and oxygen atoms in total. The second-order valence-electron chi connectivity index (χ2n) is 8.81. The maximum atomic E-state index is 14.6. The molecule has 10 heteroatoms. The number of nitrogens with zero attached hydrogens (tertiary/aromatic N) is 2. The van der Waals surface area contributed by atoms with Crippen molar-refractivity contribution in [3.8, 4) is 0 Å². The molecule has 1 N–H and O–H groups in total. The third-order valence-electron chi connectivity index (χ3n) is 7.11. The van der Waals surface area contributed by atoms with E-state index in [1.54, 1.807) is 6.07 Å². The minimum Gasteiger partial charge on any atom is -0.356 e. The summed E-state index contributed by atoms with van der Waals surface area (Å²) in [7, 11) is 0.870. The minimum absolute atomic E-state index is 0.0227. The number of piperidine rings is 2. The van der Waals surface area contributed by atoms with Gasteiger partial charge in [0.15, 0.2) is 0 Å². The lowest BCUT2D eigenvalue weighted by atomic mass is 9.63. The highest BCUT2D eigenvalue weighted by molar-refractivity contribution is 5.88. The molecule has 2 amide bonds. The van der Waals surface area contributed by atoms with E-state index in [2.05, 4.69) is 10.3 Å². The highest BCUT2D eigenvalue weighted by Gasteiger charge is 2.64. The Labute approximate surface area is 194 Å². The SMILES string of the molecule is CO[C@@](C(=O)N1CCC2(CC1)CC(=O)NCC2c1ncccc1F)(c1ccccc1)C(F)(F)F. The van der Waals surface area contributed by atoms with Crippen LogP contribution >= 0.6 is 0 Å². The predicted octanol–water partition coefficient (Wildman–Crippen LogP) is 3.54. The molecule has 1 spiro atoms. The van der Waals surface area contributed by atoms with Crippen LogP contribution in [0.5, 0.6) is 0 Å². The molecule has 0 bridgehead atoms. The van der Waals surface area contributed by atoms with E-state index in [-0.39, 0.29) is 56.1 Å². The number of benzene rings is 1. The number of rotatable bonds is 4. The van der Waals surface area contributed by atoms with Gasteiger partial charge in [-0.05, 0) is 30.4 Å². The monoisotopic (exact) mass is 479 g/mol. The molecular weight excluding hydrogens is 454 g/mol. The molecule has 182 valence electrons. The van der Waals surface area contributed by atoms with Crippen LogP contribution in [-0.4, -0.2) is 54.6 Å². The van der Waals surface area contributed by atoms with Crippen molar-refractivity contribution in [3.05, 3.63) is 65.7 Å². The Hall–Kier alpha value is -3.01. The van der Waals surface area contributed by atoms with Gasteiger partial charge in [-0.25, -0.2) is 4.39 Å². The van der Waals surface area contributed by atoms with E-state index in [1.807, 2.05) is 0 Å². The van der Waals surface area contributed by atoms with E-state index in [0.29, 0.717) is 0 Å². The zero-order chi connectivity index (χ0) is 24.6. The fraction of sp³-hybridized carbons (Fsp3) is 0.458. The number of alkyl halides is 3. The first-order valence-electron chi connectivity index (χ1n) is 11.0. The Kier molecular flexibility index (Phi) is 6.37. The van der Waals surface area contributed by atoms with E-state index in [9.17, 15) is 27.2 Å². The lowest BCUT2D eigenvalue weighted by Crippen LogP contribution is -2.60. The zero-order valence-electron chi connectivity index (χ0n) is 18.6. The molecule has 2 aromatic rings. The van der Waals surface area contributed by atoms with Crippen LogP contribution in [0.25, 0.3) is 0 Å². The number of methoxy groups -OCH3 is 1. The van der Waals surface area contributed by atoms with Gasteiger partial charge in [0.2, 0.25) is 5.91 Å². The number of ether oxygens (including phenoxy) is 1. The van der Waals surface area contributed by atoms with Crippen molar-refractivity contribution in [1.82, 2.24) is 15.2 Å². The molecule has 0 radical (unpaired) electrons. The first-order valence-corrected chi connectivity index (χ1v) is 11.0. The summed E-state index contributed by atoms with van der Waals surface area (Å²) in [4.78, 5) is 30.9. The number of hydrogen-bond acceptors (Lipinski definition) is 4. The Morgan fingerprint density at radius 1 is 1.15 bits per heavy atom. The molecule has 2 fully saturated rings. The molecule has 2 atom stereocenters. The normalized spacial score (nSPS) is 22.2. The highest BCUT2D eigenvalue weighted by atomic mass is 19.4. The Morgan fingerprint density at radius 3 is 2.41 bits per heavy atom. The number of likely N-dealkylation sites (tertiary alicyclic amines) is 1. The van der Waals surface area contributed by atoms with Crippen molar-refractivity contribution in [3.63, 3.8) is 0 Å². The number of nitrogens with one attached hydrogen (secondary N) is 1. The minimum atomic E-state index is -5.00. The van der Waals surface area contributed by atoms with Crippen LogP contribution < -0.4 is 5.32 Å². The van der Waals surface area contributed by atoms with E-state index in [0.717, 1.165) is 12.0 Å². The second-order valence-corrected chi connectivity index (χ2v) is 8.81. The first-order chi connectivity index (χ1) is 16.1. The molecule has 1 unspecified atom stereocenters. The molecular formula is C24H25F4N3O3. The topological polar surface area (TPSA) is 71.5 Å². The van der Waals surface area contributed by atoms with Crippen molar-refractivity contribution in [2.75, 3.05) is 26.7 Å². The van der Waals surface area contributed by atoms with Crippen molar-refractivity contribution < 1.29 is 31.9 Å². The Bertz CT molecular complexity index is 1050. The number of carbonyl (C=O) groups excluding carboxylic acids is 2. The summed E-state index contributed by atoms with van der Waals surface area (Å²) in [5, 5.41) is 2.74. The molecule has 2 saturated heterocycles. The van der Waals surface area contributed by atoms with Gasteiger partial charge in [-0.1, -0.05) is 30.3 Å². The predicted molar refractivity (Wildman–Crippen MR) is 114 cm³/mol. The third kappa shape index (κ3) is 3.93. The summed E-state index contributed by atoms with van der Waals surface area (Å²) in [6.07, 6.45) is -2.97. The number of carbonyl (C=O) groups is 2. The van der Waals surface area contributed by atoms with Gasteiger partial charge in [0.1, 0.15) is 5.82 Å². The summed E-state index contributed by atoms with van der Waals surface area (Å²) in [5.41, 5.74) is -3.95. The van der Waals surface area contributed by atoms with Crippen molar-refractivity contribution in [2.45, 2.75) is 37.0 Å². The van der Waals surface area contributed by atoms with Gasteiger partial charge in [0.25, 0.3) is 11.5 Å². The van der Waals surface area contributed by atoms with Gasteiger partial charge in [-0.15, -0.1) is 0 Å². The summed E-state index contributed by atoms with van der Waals surface area (Å²) >= 11 is 0. The van der Waals surface area contributed by atoms with Gasteiger partial charge >= 0.3 is 6.18 Å². The lowest BCUT2D eigenvalue weighted by molar-refractivity contribution is -0.271. The van der Waals surface area contributed by atoms with E-state index >= 15 is 0 Å². The second kappa shape index (κ2) is 8.98. The average molecular weight is 479 g/mol. The maximum Gasteiger partial charge on any atom is 0.430 e. The Balaban J connectivity index is 1.63. The maximum absolute atomic E-state index is 14.6. The molecule has 1 aromatic heterocycles. The molecule has 1 aromatic carbocycles. The van der Waals surface area contributed by atoms with Crippen LogP contribution in [0.1, 0.15) is 36.4 Å². The van der Waals surface area contributed by atoms with E-state index < -0.39 is 34.8 Å². The van der Waals surface area contributed by atoms with Gasteiger partial charge in [-0.2, -0.15) is 13.2 Å². The van der Waals surface area contributed by atoms with Crippen LogP contribution in [0.4, 0.5) is 17.6 Å². The van der Waals surface area contributed by atoms with Gasteiger partial charge in [-0.3, -0.25) is 14.6 Å². The quantitative estimate of drug-likeness (QED) is 0.682. The smallest absolute Gasteiger partial charge is 0.356 e. The number of pyridine rings is 1. The number of aromatic nitrogens is 1. The van der Waals surface area contributed by atoms with E-state index in [4.69, 9.17) is 4.74 Å². The van der Waals surface area contributed by atoms with Crippen LogP contribution in [0, 0.1) is 11.2 Å². The fourth-order valence-electron chi connectivity index (χ4n) is 5.28. The number of halogens is 4. The molecule has 2 aliphatic rings. The summed E-state index contributed by atoms with van der Waals surface area (Å²) in [6.45, 7) is 0.130. The summed E-state index contributed by atoms with van der Waals surface area (Å²) < 4.78 is 62.4. The molecule has 3 heterocycles. The molecule has 2 aliphatic heterocycles. The molecule has 4 rings (SSSR count). The number of hydrogen-bond donors (Lipinski definition) is 1. The summed E-state index contributed by atoms with van der Waals surface area (Å²) in [5.74, 6) is -2.36. The highest BCUT2D eigenvalue weighted by Crippen LogP contribution is 2.50. The largest absolute Gasteiger partial charge is 0.430 e. The van der Waals surface area contributed by atoms with Crippen molar-refractivity contribution in [1.29, 1.82) is 0 Å². The van der Waals surface area contributed by atoms with Crippen LogP contribution in [0.3, 0.4) is 0 Å². The van der Waals surface area contributed by atoms with Crippen molar-refractivity contribution in [2.24, 2.45) is 5.41 Å². The third-order valence-corrected chi connectivity index (χ3v) is 7.11. The van der Waals surface area contributed by atoms with E-state index in [1.165, 1.54) is 42.6 Å². The molecule has 34 heavy (non-hydrogen) atoms. The summed E-state index contributed by atoms with van der Waals surface area (Å²) in [6, 6.07) is 9.58. The standard InChI is InChI=1S/C24H25F4N3O3/c1-34-23(24(26,27)28,16-6-3-2-4-7-16)21(33)31-12-9-22(10-13-31)14-19(32)30-15-17(22)20-18(25)8-5-11-29-20/h2-8,11,17H,9-10,12-15H2,1H3,(H,30,32)/t17?,23-/m1/s1. The molecule has 0 aliphatic carbocycles. The first kappa shape index (κ1) is 24.1. The lowest BCUT2D eigenvalue weighted by Gasteiger charge is -2.49. The van der Waals surface area contributed by atoms with Crippen LogP contribution in [-0.2, 0) is 19.9 Å². The van der Waals surface area contributed by atoms with Gasteiger partial charge < -0.3 is 15.0 Å². The fourth-order valence-corrected chi connectivity index (χ4v) is 5.28. The zero-order valence-corrected chi connectivity index (χ0v) is 18.6. The van der Waals surface area contributed by atoms with Crippen LogP contribution in [0.15, 0.2) is 48.7 Å². The van der Waals surface area contributed by atoms with Crippen molar-refractivity contribution >= 4 is 11.8 Å². The van der Waals surface area contributed by atoms with Crippen LogP contribution in [0.2, 0.25) is 0 Å². The number of amides is 2. The average Bonchev–Trinajstić information content (AvgIpc) is 2.81. The molecule has 0 saturated carbocycles. The Morgan fingerprint density at radius 2 is 1.82 bits per heavy atom. The van der Waals surface area contributed by atoms with Gasteiger partial charge in [0, 0.05) is 50.8 Å².